The number of hydrogen-bond donors (Lipinski definition) is 0. The van der Waals surface area contributed by atoms with Gasteiger partial charge in [-0.25, -0.2) is 0 Å². The van der Waals surface area contributed by atoms with E-state index in [4.69, 9.17) is 6.58 Å². The fourth-order valence-corrected chi connectivity index (χ4v) is 8.61. The van der Waals surface area contributed by atoms with E-state index in [1.807, 2.05) is 0 Å². The van der Waals surface area contributed by atoms with Crippen LogP contribution in [0.1, 0.15) is 58.2 Å². The highest BCUT2D eigenvalue weighted by atomic mass is 14.3. The number of benzene rings is 7. The van der Waals surface area contributed by atoms with Gasteiger partial charge in [0.15, 0.2) is 0 Å². The van der Waals surface area contributed by atoms with Crippen molar-refractivity contribution in [1.82, 2.24) is 0 Å². The van der Waals surface area contributed by atoms with Crippen molar-refractivity contribution in [1.29, 1.82) is 0 Å². The zero-order chi connectivity index (χ0) is 39.3. The van der Waals surface area contributed by atoms with Crippen LogP contribution in [0.25, 0.3) is 44.5 Å². The Morgan fingerprint density at radius 1 is 0.509 bits per heavy atom. The van der Waals surface area contributed by atoms with Crippen LogP contribution in [0.5, 0.6) is 0 Å². The van der Waals surface area contributed by atoms with Crippen molar-refractivity contribution in [3.05, 3.63) is 251 Å². The topological polar surface area (TPSA) is 0 Å². The monoisotopic (exact) mass is 734 g/mol. The van der Waals surface area contributed by atoms with Gasteiger partial charge in [-0.3, -0.25) is 0 Å². The molecule has 0 fully saturated rings. The number of aryl methyl sites for hydroxylation is 3. The van der Waals surface area contributed by atoms with Crippen molar-refractivity contribution in [2.45, 2.75) is 40.0 Å². The first-order valence-electron chi connectivity index (χ1n) is 20.2. The van der Waals surface area contributed by atoms with Crippen molar-refractivity contribution >= 4 is 11.1 Å². The van der Waals surface area contributed by atoms with Crippen molar-refractivity contribution < 1.29 is 0 Å². The molecule has 0 aromatic heterocycles. The second kappa shape index (κ2) is 16.7. The molecule has 1 aliphatic carbocycles. The average molecular weight is 735 g/mol. The lowest BCUT2D eigenvalue weighted by molar-refractivity contribution is 0.545. The molecule has 0 saturated carbocycles. The summed E-state index contributed by atoms with van der Waals surface area (Å²) in [4.78, 5) is 0. The fraction of sp³-hybridized carbons (Fsp3) is 0.123. The van der Waals surface area contributed by atoms with Crippen LogP contribution in [0.15, 0.2) is 212 Å². The van der Waals surface area contributed by atoms with E-state index >= 15 is 0 Å². The minimum atomic E-state index is 0.248. The third-order valence-corrected chi connectivity index (χ3v) is 11.8. The van der Waals surface area contributed by atoms with Crippen molar-refractivity contribution in [3.8, 4) is 33.4 Å². The van der Waals surface area contributed by atoms with Gasteiger partial charge >= 0.3 is 0 Å². The molecule has 1 aliphatic rings. The summed E-state index contributed by atoms with van der Waals surface area (Å²) in [7, 11) is 0. The van der Waals surface area contributed by atoms with E-state index in [-0.39, 0.29) is 11.8 Å². The molecule has 0 heteroatoms. The molecule has 0 aliphatic heterocycles. The molecule has 57 heavy (non-hydrogen) atoms. The molecule has 0 heterocycles. The Kier molecular flexibility index (Phi) is 11.0. The van der Waals surface area contributed by atoms with Crippen molar-refractivity contribution in [3.63, 3.8) is 0 Å². The molecule has 2 unspecified atom stereocenters. The molecule has 0 spiro atoms. The van der Waals surface area contributed by atoms with Gasteiger partial charge in [-0.2, -0.15) is 0 Å². The predicted molar refractivity (Wildman–Crippen MR) is 245 cm³/mol. The van der Waals surface area contributed by atoms with Gasteiger partial charge in [-0.15, -0.1) is 0 Å². The first-order chi connectivity index (χ1) is 27.8. The lowest BCUT2D eigenvalue weighted by atomic mass is 9.71. The quantitative estimate of drug-likeness (QED) is 0.123. The molecular formula is C57H50. The Labute approximate surface area is 339 Å². The van der Waals surface area contributed by atoms with E-state index in [1.165, 1.54) is 89.0 Å². The molecule has 7 aromatic carbocycles. The van der Waals surface area contributed by atoms with Gasteiger partial charge in [0.1, 0.15) is 0 Å². The number of hydrogen-bond acceptors (Lipinski definition) is 0. The smallest absolute Gasteiger partial charge is 0.00928 e. The molecule has 0 nitrogen and oxygen atoms in total. The molecular weight excluding hydrogens is 685 g/mol. The summed E-state index contributed by atoms with van der Waals surface area (Å²) < 4.78 is 0. The van der Waals surface area contributed by atoms with E-state index in [2.05, 4.69) is 222 Å². The van der Waals surface area contributed by atoms with Crippen LogP contribution in [0.3, 0.4) is 0 Å². The van der Waals surface area contributed by atoms with E-state index in [0.29, 0.717) is 0 Å². The Bertz CT molecular complexity index is 2630. The molecule has 0 amide bonds. The van der Waals surface area contributed by atoms with Crippen LogP contribution in [-0.2, 0) is 0 Å². The maximum atomic E-state index is 4.85. The van der Waals surface area contributed by atoms with E-state index in [1.54, 1.807) is 0 Å². The zero-order valence-electron chi connectivity index (χ0n) is 33.5. The van der Waals surface area contributed by atoms with Gasteiger partial charge < -0.3 is 0 Å². The summed E-state index contributed by atoms with van der Waals surface area (Å²) in [6.07, 6.45) is 8.03. The molecule has 0 bridgehead atoms. The lowest BCUT2D eigenvalue weighted by Gasteiger charge is -2.33. The minimum Gasteiger partial charge on any atom is -0.0958 e. The zero-order valence-corrected chi connectivity index (χ0v) is 33.5. The predicted octanol–water partition coefficient (Wildman–Crippen LogP) is 15.4. The summed E-state index contributed by atoms with van der Waals surface area (Å²) in [6.45, 7) is 13.9. The van der Waals surface area contributed by atoms with Gasteiger partial charge in [-0.05, 0) is 136 Å². The Morgan fingerprint density at radius 3 is 1.74 bits per heavy atom. The number of allylic oxidation sites excluding steroid dienone is 6. The van der Waals surface area contributed by atoms with E-state index < -0.39 is 0 Å². The number of rotatable bonds is 10. The summed E-state index contributed by atoms with van der Waals surface area (Å²) in [6, 6.07) is 63.8. The Hall–Kier alpha value is -6.50. The van der Waals surface area contributed by atoms with Gasteiger partial charge in [-0.1, -0.05) is 200 Å². The molecule has 2 atom stereocenters. The molecule has 0 saturated heterocycles. The first-order valence-corrected chi connectivity index (χ1v) is 20.2. The highest BCUT2D eigenvalue weighted by Crippen LogP contribution is 2.45. The van der Waals surface area contributed by atoms with E-state index in [9.17, 15) is 0 Å². The summed E-state index contributed by atoms with van der Waals surface area (Å²) in [5.41, 5.74) is 21.3. The molecule has 0 N–H and O–H groups in total. The largest absolute Gasteiger partial charge is 0.0958 e. The van der Waals surface area contributed by atoms with Crippen LogP contribution in [0.4, 0.5) is 0 Å². The third-order valence-electron chi connectivity index (χ3n) is 11.8. The van der Waals surface area contributed by atoms with Crippen LogP contribution in [0.2, 0.25) is 0 Å². The highest BCUT2D eigenvalue weighted by Gasteiger charge is 2.29. The standard InChI is InChI=1S/C57H50/c1-39(35-56-43(5)53(51-25-14-12-17-40(51)2)33-34-54(56)52-26-15-13-18-41(52)3)36-57(55-38-49(28-27-42(55)4)45-21-10-7-11-22-45)50-24-16-23-48(37-50)47-31-29-46(30-32-47)44-19-8-6-9-20-44/h6-34,36-38,54,56H,1,35H2,2-5H3/b57-36-. The Balaban J connectivity index is 1.22. The lowest BCUT2D eigenvalue weighted by Crippen LogP contribution is -2.18. The Morgan fingerprint density at radius 2 is 1.05 bits per heavy atom. The third kappa shape index (κ3) is 8.09. The van der Waals surface area contributed by atoms with Gasteiger partial charge in [0.25, 0.3) is 0 Å². The summed E-state index contributed by atoms with van der Waals surface area (Å²) in [5, 5.41) is 0. The molecule has 8 rings (SSSR count). The molecule has 278 valence electrons. The second-order valence-corrected chi connectivity index (χ2v) is 15.6. The van der Waals surface area contributed by atoms with Gasteiger partial charge in [0.2, 0.25) is 0 Å². The highest BCUT2D eigenvalue weighted by molar-refractivity contribution is 5.87. The van der Waals surface area contributed by atoms with E-state index in [0.717, 1.165) is 12.0 Å². The molecule has 7 aromatic rings. The minimum absolute atomic E-state index is 0.248. The first kappa shape index (κ1) is 37.4. The average Bonchev–Trinajstić information content (AvgIpc) is 3.25. The summed E-state index contributed by atoms with van der Waals surface area (Å²) in [5.74, 6) is 0.500. The van der Waals surface area contributed by atoms with Gasteiger partial charge in [0, 0.05) is 5.92 Å². The van der Waals surface area contributed by atoms with Crippen LogP contribution >= 0.6 is 0 Å². The maximum absolute atomic E-state index is 4.85. The fourth-order valence-electron chi connectivity index (χ4n) is 8.61. The SMILES string of the molecule is C=C(/C=C(/c1cccc(-c2ccc(-c3ccccc3)cc2)c1)c1cc(-c2ccccc2)ccc1C)CC1C(C)=C(c2ccccc2C)C=CC1c1ccccc1C. The summed E-state index contributed by atoms with van der Waals surface area (Å²) >= 11 is 0. The van der Waals surface area contributed by atoms with Crippen LogP contribution in [-0.4, -0.2) is 0 Å². The molecule has 0 radical (unpaired) electrons. The van der Waals surface area contributed by atoms with Crippen LogP contribution in [0, 0.1) is 26.7 Å². The van der Waals surface area contributed by atoms with Gasteiger partial charge in [0.05, 0.1) is 0 Å². The maximum Gasteiger partial charge on any atom is 0.00928 e. The normalized spacial score (nSPS) is 15.5. The van der Waals surface area contributed by atoms with Crippen molar-refractivity contribution in [2.75, 3.05) is 0 Å². The van der Waals surface area contributed by atoms with Crippen molar-refractivity contribution in [2.24, 2.45) is 5.92 Å². The second-order valence-electron chi connectivity index (χ2n) is 15.6. The van der Waals surface area contributed by atoms with Crippen LogP contribution < -0.4 is 0 Å².